The Morgan fingerprint density at radius 1 is 1.26 bits per heavy atom. The van der Waals surface area contributed by atoms with E-state index in [9.17, 15) is 8.42 Å². The quantitative estimate of drug-likeness (QED) is 0.870. The summed E-state index contributed by atoms with van der Waals surface area (Å²) in [6, 6.07) is 7.42. The molecule has 0 saturated carbocycles. The van der Waals surface area contributed by atoms with Crippen LogP contribution in [0.5, 0.6) is 0 Å². The van der Waals surface area contributed by atoms with Crippen molar-refractivity contribution >= 4 is 10.0 Å². The molecule has 19 heavy (non-hydrogen) atoms. The van der Waals surface area contributed by atoms with Crippen molar-refractivity contribution in [3.05, 3.63) is 35.4 Å². The first-order valence-electron chi connectivity index (χ1n) is 6.47. The molecule has 1 rings (SSSR count). The van der Waals surface area contributed by atoms with Crippen molar-refractivity contribution in [1.29, 1.82) is 0 Å². The fourth-order valence-corrected chi connectivity index (χ4v) is 3.43. The lowest BCUT2D eigenvalue weighted by molar-refractivity contribution is 0.257. The molecule has 1 aromatic rings. The van der Waals surface area contributed by atoms with Crippen LogP contribution in [0, 0.1) is 0 Å². The molecule has 5 heteroatoms. The molecule has 0 amide bonds. The zero-order valence-corrected chi connectivity index (χ0v) is 13.0. The van der Waals surface area contributed by atoms with Crippen LogP contribution in [-0.4, -0.2) is 25.3 Å². The van der Waals surface area contributed by atoms with Gasteiger partial charge in [0, 0.05) is 19.1 Å². The number of rotatable bonds is 6. The van der Waals surface area contributed by atoms with E-state index in [4.69, 9.17) is 5.73 Å². The molecule has 0 saturated heterocycles. The molecule has 0 aliphatic heterocycles. The molecular weight excluding hydrogens is 260 g/mol. The van der Waals surface area contributed by atoms with Gasteiger partial charge in [0.1, 0.15) is 0 Å². The van der Waals surface area contributed by atoms with E-state index in [1.54, 1.807) is 7.05 Å². The van der Waals surface area contributed by atoms with Crippen LogP contribution >= 0.6 is 0 Å². The maximum Gasteiger partial charge on any atom is 0.218 e. The highest BCUT2D eigenvalue weighted by Crippen LogP contribution is 2.22. The van der Waals surface area contributed by atoms with Crippen LogP contribution in [0.1, 0.15) is 38.3 Å². The minimum absolute atomic E-state index is 0.0147. The van der Waals surface area contributed by atoms with Gasteiger partial charge in [-0.3, -0.25) is 0 Å². The first kappa shape index (κ1) is 16.1. The van der Waals surface area contributed by atoms with Crippen molar-refractivity contribution in [3.63, 3.8) is 0 Å². The lowest BCUT2D eigenvalue weighted by atomic mass is 10.0. The molecule has 0 radical (unpaired) electrons. The van der Waals surface area contributed by atoms with Gasteiger partial charge in [0.2, 0.25) is 10.0 Å². The maximum atomic E-state index is 12.4. The number of hydrogen-bond donors (Lipinski definition) is 1. The summed E-state index contributed by atoms with van der Waals surface area (Å²) in [5, 5.41) is 0. The van der Waals surface area contributed by atoms with Gasteiger partial charge in [-0.1, -0.05) is 31.2 Å². The summed E-state index contributed by atoms with van der Waals surface area (Å²) >= 11 is 0. The summed E-state index contributed by atoms with van der Waals surface area (Å²) < 4.78 is 26.3. The number of nitrogens with two attached hydrogens (primary N) is 1. The first-order chi connectivity index (χ1) is 8.73. The van der Waals surface area contributed by atoms with Crippen molar-refractivity contribution in [1.82, 2.24) is 4.31 Å². The van der Waals surface area contributed by atoms with Crippen LogP contribution < -0.4 is 5.73 Å². The summed E-state index contributed by atoms with van der Waals surface area (Å²) in [6.07, 6.45) is 0.769. The minimum atomic E-state index is -3.32. The van der Waals surface area contributed by atoms with Crippen molar-refractivity contribution in [2.75, 3.05) is 7.05 Å². The third kappa shape index (κ3) is 4.03. The predicted octanol–water partition coefficient (Wildman–Crippen LogP) is 2.10. The van der Waals surface area contributed by atoms with Crippen molar-refractivity contribution in [2.24, 2.45) is 5.73 Å². The maximum absolute atomic E-state index is 12.4. The number of hydrogen-bond acceptors (Lipinski definition) is 3. The molecule has 108 valence electrons. The Morgan fingerprint density at radius 2 is 1.84 bits per heavy atom. The second-order valence-electron chi connectivity index (χ2n) is 5.41. The number of sulfonamides is 1. The molecule has 0 aliphatic rings. The second-order valence-corrected chi connectivity index (χ2v) is 7.41. The van der Waals surface area contributed by atoms with Crippen molar-refractivity contribution in [2.45, 2.75) is 45.0 Å². The second kappa shape index (κ2) is 6.03. The lowest BCUT2D eigenvalue weighted by Crippen LogP contribution is -2.44. The first-order valence-corrected chi connectivity index (χ1v) is 8.08. The van der Waals surface area contributed by atoms with Crippen LogP contribution in [0.2, 0.25) is 0 Å². The topological polar surface area (TPSA) is 63.4 Å². The molecule has 0 bridgehead atoms. The van der Waals surface area contributed by atoms with Gasteiger partial charge >= 0.3 is 0 Å². The van der Waals surface area contributed by atoms with Gasteiger partial charge in [-0.25, -0.2) is 8.42 Å². The molecule has 0 spiro atoms. The molecule has 4 nitrogen and oxygen atoms in total. The normalized spacial score (nSPS) is 12.9. The van der Waals surface area contributed by atoms with Gasteiger partial charge < -0.3 is 5.73 Å². The summed E-state index contributed by atoms with van der Waals surface area (Å²) in [5.74, 6) is 0.0147. The van der Waals surface area contributed by atoms with Gasteiger partial charge in [-0.2, -0.15) is 4.31 Å². The fourth-order valence-electron chi connectivity index (χ4n) is 1.75. The third-order valence-electron chi connectivity index (χ3n) is 3.71. The van der Waals surface area contributed by atoms with Gasteiger partial charge in [-0.15, -0.1) is 0 Å². The molecule has 0 heterocycles. The van der Waals surface area contributed by atoms with E-state index < -0.39 is 10.0 Å². The monoisotopic (exact) mass is 284 g/mol. The molecule has 1 aromatic carbocycles. The number of nitrogens with zero attached hydrogens (tertiary/aromatic N) is 1. The smallest absolute Gasteiger partial charge is 0.218 e. The summed E-state index contributed by atoms with van der Waals surface area (Å²) in [7, 11) is -1.67. The van der Waals surface area contributed by atoms with E-state index in [-0.39, 0.29) is 11.3 Å². The van der Waals surface area contributed by atoms with E-state index in [0.717, 1.165) is 17.5 Å². The highest BCUT2D eigenvalue weighted by molar-refractivity contribution is 7.88. The largest absolute Gasteiger partial charge is 0.326 e. The summed E-state index contributed by atoms with van der Waals surface area (Å²) in [4.78, 5) is 0. The Bertz CT molecular complexity index is 524. The summed E-state index contributed by atoms with van der Waals surface area (Å²) in [5.41, 5.74) is 6.93. The van der Waals surface area contributed by atoms with Crippen molar-refractivity contribution in [3.8, 4) is 0 Å². The average Bonchev–Trinajstić information content (AvgIpc) is 2.37. The molecule has 0 aliphatic carbocycles. The van der Waals surface area contributed by atoms with Gasteiger partial charge in [0.15, 0.2) is 0 Å². The molecule has 0 atom stereocenters. The SMILES string of the molecule is CCC(C)(C)N(C)S(=O)(=O)Cc1cccc(CN)c1. The van der Waals surface area contributed by atoms with Gasteiger partial charge in [-0.05, 0) is 31.4 Å². The van der Waals surface area contributed by atoms with E-state index >= 15 is 0 Å². The average molecular weight is 284 g/mol. The van der Waals surface area contributed by atoms with Gasteiger partial charge in [0.05, 0.1) is 5.75 Å². The third-order valence-corrected chi connectivity index (χ3v) is 5.74. The highest BCUT2D eigenvalue weighted by Gasteiger charge is 2.31. The minimum Gasteiger partial charge on any atom is -0.326 e. The predicted molar refractivity (Wildman–Crippen MR) is 79.1 cm³/mol. The van der Waals surface area contributed by atoms with Crippen LogP contribution in [-0.2, 0) is 22.3 Å². The van der Waals surface area contributed by atoms with E-state index in [1.165, 1.54) is 4.31 Å². The van der Waals surface area contributed by atoms with Crippen LogP contribution in [0.4, 0.5) is 0 Å². The van der Waals surface area contributed by atoms with Crippen molar-refractivity contribution < 1.29 is 8.42 Å². The standard InChI is InChI=1S/C14H24N2O2S/c1-5-14(2,3)16(4)19(17,18)11-13-8-6-7-12(9-13)10-15/h6-9H,5,10-11,15H2,1-4H3. The Balaban J connectivity index is 2.96. The molecule has 0 unspecified atom stereocenters. The van der Waals surface area contributed by atoms with E-state index in [2.05, 4.69) is 0 Å². The fraction of sp³-hybridized carbons (Fsp3) is 0.571. The molecule has 0 fully saturated rings. The molecule has 2 N–H and O–H groups in total. The zero-order valence-electron chi connectivity index (χ0n) is 12.2. The Morgan fingerprint density at radius 3 is 2.37 bits per heavy atom. The van der Waals surface area contributed by atoms with Gasteiger partial charge in [0.25, 0.3) is 0 Å². The lowest BCUT2D eigenvalue weighted by Gasteiger charge is -2.33. The number of benzene rings is 1. The van der Waals surface area contributed by atoms with Crippen LogP contribution in [0.15, 0.2) is 24.3 Å². The Kier molecular flexibility index (Phi) is 5.12. The highest BCUT2D eigenvalue weighted by atomic mass is 32.2. The Labute approximate surface area is 116 Å². The Hall–Kier alpha value is -0.910. The zero-order chi connectivity index (χ0) is 14.7. The molecular formula is C14H24N2O2S. The molecule has 0 aromatic heterocycles. The van der Waals surface area contributed by atoms with E-state index in [0.29, 0.717) is 6.54 Å². The van der Waals surface area contributed by atoms with Crippen LogP contribution in [0.3, 0.4) is 0 Å². The van der Waals surface area contributed by atoms with Crippen LogP contribution in [0.25, 0.3) is 0 Å². The summed E-state index contributed by atoms with van der Waals surface area (Å²) in [6.45, 7) is 6.27. The van der Waals surface area contributed by atoms with E-state index in [1.807, 2.05) is 45.0 Å².